The molecular formula is C13H16N2O2S. The van der Waals surface area contributed by atoms with Crippen molar-refractivity contribution in [1.82, 2.24) is 4.31 Å². The molecule has 0 saturated carbocycles. The van der Waals surface area contributed by atoms with Gasteiger partial charge in [0.15, 0.2) is 0 Å². The highest BCUT2D eigenvalue weighted by atomic mass is 32.2. The van der Waals surface area contributed by atoms with Crippen LogP contribution in [0.25, 0.3) is 0 Å². The first kappa shape index (κ1) is 14.4. The van der Waals surface area contributed by atoms with E-state index in [2.05, 4.69) is 6.58 Å². The van der Waals surface area contributed by atoms with Crippen LogP contribution < -0.4 is 0 Å². The van der Waals surface area contributed by atoms with E-state index in [1.54, 1.807) is 37.4 Å². The van der Waals surface area contributed by atoms with Crippen molar-refractivity contribution in [3.05, 3.63) is 48.0 Å². The molecule has 0 saturated heterocycles. The van der Waals surface area contributed by atoms with E-state index in [1.165, 1.54) is 4.31 Å². The van der Waals surface area contributed by atoms with Crippen LogP contribution in [0.4, 0.5) is 0 Å². The highest BCUT2D eigenvalue weighted by molar-refractivity contribution is 7.88. The quantitative estimate of drug-likeness (QED) is 0.737. The minimum atomic E-state index is -3.30. The van der Waals surface area contributed by atoms with Crippen molar-refractivity contribution in [2.45, 2.75) is 12.2 Å². The van der Waals surface area contributed by atoms with E-state index in [4.69, 9.17) is 5.26 Å². The Bertz CT molecular complexity index is 541. The van der Waals surface area contributed by atoms with E-state index in [0.717, 1.165) is 0 Å². The van der Waals surface area contributed by atoms with Gasteiger partial charge in [0, 0.05) is 13.6 Å². The molecule has 5 heteroatoms. The first-order chi connectivity index (χ1) is 8.49. The second kappa shape index (κ2) is 6.34. The zero-order chi connectivity index (χ0) is 13.6. The van der Waals surface area contributed by atoms with Crippen molar-refractivity contribution in [3.8, 4) is 6.07 Å². The Morgan fingerprint density at radius 3 is 2.50 bits per heavy atom. The molecule has 4 nitrogen and oxygen atoms in total. The fourth-order valence-corrected chi connectivity index (χ4v) is 2.63. The number of hydrogen-bond donors (Lipinski definition) is 0. The van der Waals surface area contributed by atoms with Gasteiger partial charge in [-0.1, -0.05) is 18.2 Å². The average molecular weight is 264 g/mol. The molecule has 0 amide bonds. The smallest absolute Gasteiger partial charge is 0.212 e. The van der Waals surface area contributed by atoms with E-state index in [1.807, 2.05) is 6.07 Å². The van der Waals surface area contributed by atoms with Gasteiger partial charge in [-0.15, -0.1) is 6.58 Å². The second-order valence-electron chi connectivity index (χ2n) is 3.96. The molecule has 18 heavy (non-hydrogen) atoms. The summed E-state index contributed by atoms with van der Waals surface area (Å²) in [5.41, 5.74) is 1.20. The maximum atomic E-state index is 12.0. The highest BCUT2D eigenvalue weighted by Crippen LogP contribution is 2.11. The number of rotatable bonds is 6. The minimum absolute atomic E-state index is 0.0493. The molecule has 0 radical (unpaired) electrons. The maximum absolute atomic E-state index is 12.0. The first-order valence-corrected chi connectivity index (χ1v) is 7.14. The summed E-state index contributed by atoms with van der Waals surface area (Å²) in [5, 5.41) is 8.66. The lowest BCUT2D eigenvalue weighted by Crippen LogP contribution is -2.28. The molecule has 0 fully saturated rings. The van der Waals surface area contributed by atoms with Crippen LogP contribution in [0.3, 0.4) is 0 Å². The van der Waals surface area contributed by atoms with Gasteiger partial charge in [-0.3, -0.25) is 0 Å². The largest absolute Gasteiger partial charge is 0.218 e. The van der Waals surface area contributed by atoms with Crippen LogP contribution in [0.1, 0.15) is 17.5 Å². The third-order valence-corrected chi connectivity index (χ3v) is 4.39. The normalized spacial score (nSPS) is 11.2. The van der Waals surface area contributed by atoms with E-state index in [-0.39, 0.29) is 5.75 Å². The summed E-state index contributed by atoms with van der Waals surface area (Å²) in [7, 11) is -1.74. The van der Waals surface area contributed by atoms with E-state index in [0.29, 0.717) is 24.1 Å². The molecule has 1 rings (SSSR count). The van der Waals surface area contributed by atoms with Gasteiger partial charge in [-0.05, 0) is 24.1 Å². The molecule has 0 spiro atoms. The summed E-state index contributed by atoms with van der Waals surface area (Å²) in [4.78, 5) is 0. The van der Waals surface area contributed by atoms with E-state index >= 15 is 0 Å². The molecule has 0 aliphatic rings. The van der Waals surface area contributed by atoms with Gasteiger partial charge in [-0.2, -0.15) is 5.26 Å². The van der Waals surface area contributed by atoms with Crippen LogP contribution in [0, 0.1) is 11.3 Å². The van der Waals surface area contributed by atoms with Crippen molar-refractivity contribution in [1.29, 1.82) is 5.26 Å². The molecule has 1 aromatic rings. The Morgan fingerprint density at radius 2 is 2.00 bits per heavy atom. The molecular weight excluding hydrogens is 248 g/mol. The van der Waals surface area contributed by atoms with Crippen molar-refractivity contribution in [3.63, 3.8) is 0 Å². The van der Waals surface area contributed by atoms with Gasteiger partial charge in [0.2, 0.25) is 10.0 Å². The zero-order valence-electron chi connectivity index (χ0n) is 10.3. The lowest BCUT2D eigenvalue weighted by molar-refractivity contribution is 0.474. The summed E-state index contributed by atoms with van der Waals surface area (Å²) in [5.74, 6) is -0.0493. The van der Waals surface area contributed by atoms with Crippen molar-refractivity contribution in [2.24, 2.45) is 0 Å². The third-order valence-electron chi connectivity index (χ3n) is 2.56. The fourth-order valence-electron chi connectivity index (χ4n) is 1.41. The molecule has 0 heterocycles. The predicted octanol–water partition coefficient (Wildman–Crippen LogP) is 1.90. The van der Waals surface area contributed by atoms with Crippen molar-refractivity contribution in [2.75, 3.05) is 13.6 Å². The number of nitriles is 1. The number of benzene rings is 1. The SMILES string of the molecule is C=CCCN(C)S(=O)(=O)Cc1ccc(C#N)cc1. The lowest BCUT2D eigenvalue weighted by atomic mass is 10.2. The van der Waals surface area contributed by atoms with Crippen LogP contribution in [0.2, 0.25) is 0 Å². The van der Waals surface area contributed by atoms with Crippen LogP contribution in [0.15, 0.2) is 36.9 Å². The van der Waals surface area contributed by atoms with Gasteiger partial charge >= 0.3 is 0 Å². The van der Waals surface area contributed by atoms with Crippen molar-refractivity contribution < 1.29 is 8.42 Å². The molecule has 0 bridgehead atoms. The minimum Gasteiger partial charge on any atom is -0.212 e. The molecule has 0 unspecified atom stereocenters. The molecule has 0 aliphatic carbocycles. The number of sulfonamides is 1. The summed E-state index contributed by atoms with van der Waals surface area (Å²) in [6.45, 7) is 4.00. The number of nitrogens with zero attached hydrogens (tertiary/aromatic N) is 2. The Labute approximate surface area is 108 Å². The van der Waals surface area contributed by atoms with Gasteiger partial charge < -0.3 is 0 Å². The van der Waals surface area contributed by atoms with Gasteiger partial charge in [0.1, 0.15) is 0 Å². The third kappa shape index (κ3) is 3.99. The maximum Gasteiger partial charge on any atom is 0.218 e. The molecule has 96 valence electrons. The van der Waals surface area contributed by atoms with Crippen LogP contribution in [-0.4, -0.2) is 26.3 Å². The predicted molar refractivity (Wildman–Crippen MR) is 71.2 cm³/mol. The molecule has 0 aliphatic heterocycles. The molecule has 0 atom stereocenters. The molecule has 0 aromatic heterocycles. The van der Waals surface area contributed by atoms with Gasteiger partial charge in [0.05, 0.1) is 17.4 Å². The molecule has 0 N–H and O–H groups in total. The van der Waals surface area contributed by atoms with Gasteiger partial charge in [-0.25, -0.2) is 12.7 Å². The monoisotopic (exact) mass is 264 g/mol. The summed E-state index contributed by atoms with van der Waals surface area (Å²) in [6, 6.07) is 8.56. The topological polar surface area (TPSA) is 61.2 Å². The Balaban J connectivity index is 2.75. The fraction of sp³-hybridized carbons (Fsp3) is 0.308. The Hall–Kier alpha value is -1.64. The average Bonchev–Trinajstić information content (AvgIpc) is 2.36. The van der Waals surface area contributed by atoms with Crippen molar-refractivity contribution >= 4 is 10.0 Å². The zero-order valence-corrected chi connectivity index (χ0v) is 11.2. The van der Waals surface area contributed by atoms with Gasteiger partial charge in [0.25, 0.3) is 0 Å². The molecule has 1 aromatic carbocycles. The summed E-state index contributed by atoms with van der Waals surface area (Å²) < 4.78 is 25.3. The van der Waals surface area contributed by atoms with Crippen LogP contribution >= 0.6 is 0 Å². The van der Waals surface area contributed by atoms with E-state index < -0.39 is 10.0 Å². The Morgan fingerprint density at radius 1 is 1.39 bits per heavy atom. The van der Waals surface area contributed by atoms with Crippen LogP contribution in [-0.2, 0) is 15.8 Å². The lowest BCUT2D eigenvalue weighted by Gasteiger charge is -2.16. The van der Waals surface area contributed by atoms with Crippen LogP contribution in [0.5, 0.6) is 0 Å². The summed E-state index contributed by atoms with van der Waals surface area (Å²) >= 11 is 0. The van der Waals surface area contributed by atoms with E-state index in [9.17, 15) is 8.42 Å². The highest BCUT2D eigenvalue weighted by Gasteiger charge is 2.17. The first-order valence-electron chi connectivity index (χ1n) is 5.53. The summed E-state index contributed by atoms with van der Waals surface area (Å²) in [6.07, 6.45) is 2.32. The standard InChI is InChI=1S/C13H16N2O2S/c1-3-4-9-15(2)18(16,17)11-13-7-5-12(10-14)6-8-13/h3,5-8H,1,4,9,11H2,2H3. The Kier molecular flexibility index (Phi) is 5.08. The second-order valence-corrected chi connectivity index (χ2v) is 6.04. The number of hydrogen-bond acceptors (Lipinski definition) is 3.